The number of halogens is 1. The molecule has 0 N–H and O–H groups in total. The van der Waals surface area contributed by atoms with Gasteiger partial charge in [0.15, 0.2) is 5.52 Å². The van der Waals surface area contributed by atoms with Crippen LogP contribution in [0.25, 0.3) is 10.9 Å². The van der Waals surface area contributed by atoms with E-state index in [9.17, 15) is 10.1 Å². The minimum Gasteiger partial charge on any atom is -0.258 e. The molecule has 1 aliphatic carbocycles. The number of fused-ring (bicyclic) bond motifs is 1. The Morgan fingerprint density at radius 3 is 2.76 bits per heavy atom. The summed E-state index contributed by atoms with van der Waals surface area (Å²) in [6.07, 6.45) is 2.14. The first-order valence-electron chi connectivity index (χ1n) is 5.27. The first-order valence-corrected chi connectivity index (χ1v) is 6.06. The highest BCUT2D eigenvalue weighted by Crippen LogP contribution is 2.40. The van der Waals surface area contributed by atoms with Crippen LogP contribution in [0, 0.1) is 10.1 Å². The Balaban J connectivity index is 2.32. The van der Waals surface area contributed by atoms with E-state index < -0.39 is 4.92 Å². The van der Waals surface area contributed by atoms with Crippen LogP contribution >= 0.6 is 15.9 Å². The van der Waals surface area contributed by atoms with Gasteiger partial charge in [0.25, 0.3) is 5.69 Å². The third-order valence-corrected chi connectivity index (χ3v) is 3.42. The van der Waals surface area contributed by atoms with Gasteiger partial charge < -0.3 is 0 Å². The van der Waals surface area contributed by atoms with Gasteiger partial charge in [0.05, 0.1) is 4.92 Å². The zero-order chi connectivity index (χ0) is 12.0. The van der Waals surface area contributed by atoms with Gasteiger partial charge in [-0.15, -0.1) is 0 Å². The molecule has 1 heterocycles. The summed E-state index contributed by atoms with van der Waals surface area (Å²) in [4.78, 5) is 19.2. The van der Waals surface area contributed by atoms with E-state index in [4.69, 9.17) is 0 Å². The van der Waals surface area contributed by atoms with Crippen LogP contribution in [-0.4, -0.2) is 14.9 Å². The lowest BCUT2D eigenvalue weighted by Crippen LogP contribution is -1.98. The molecule has 0 aliphatic heterocycles. The van der Waals surface area contributed by atoms with Gasteiger partial charge in [0.1, 0.15) is 10.4 Å². The fraction of sp³-hybridized carbons (Fsp3) is 0.273. The molecule has 3 rings (SSSR count). The fourth-order valence-electron chi connectivity index (χ4n) is 1.79. The second-order valence-electron chi connectivity index (χ2n) is 4.08. The Hall–Kier alpha value is -1.56. The van der Waals surface area contributed by atoms with Crippen molar-refractivity contribution >= 4 is 32.5 Å². The van der Waals surface area contributed by atoms with Gasteiger partial charge in [0.2, 0.25) is 0 Å². The lowest BCUT2D eigenvalue weighted by atomic mass is 10.2. The molecule has 0 amide bonds. The summed E-state index contributed by atoms with van der Waals surface area (Å²) in [5.41, 5.74) is 0.453. The molecule has 2 aromatic rings. The summed E-state index contributed by atoms with van der Waals surface area (Å²) in [7, 11) is 0. The summed E-state index contributed by atoms with van der Waals surface area (Å²) < 4.78 is 0.633. The van der Waals surface area contributed by atoms with Crippen molar-refractivity contribution < 1.29 is 4.92 Å². The number of nitro benzene ring substituents is 1. The van der Waals surface area contributed by atoms with Crippen LogP contribution in [0.2, 0.25) is 0 Å². The maximum Gasteiger partial charge on any atom is 0.295 e. The second-order valence-corrected chi connectivity index (χ2v) is 4.83. The first kappa shape index (κ1) is 10.6. The van der Waals surface area contributed by atoms with Crippen molar-refractivity contribution in [2.24, 2.45) is 0 Å². The topological polar surface area (TPSA) is 68.9 Å². The molecular formula is C11H8BrN3O2. The molecule has 0 saturated heterocycles. The maximum absolute atomic E-state index is 11.0. The quantitative estimate of drug-likeness (QED) is 0.484. The average molecular weight is 294 g/mol. The maximum atomic E-state index is 11.0. The molecule has 0 spiro atoms. The van der Waals surface area contributed by atoms with Gasteiger partial charge >= 0.3 is 0 Å². The first-order chi connectivity index (χ1) is 8.16. The Bertz CT molecular complexity index is 625. The van der Waals surface area contributed by atoms with E-state index >= 15 is 0 Å². The molecule has 5 nitrogen and oxygen atoms in total. The molecule has 1 saturated carbocycles. The highest BCUT2D eigenvalue weighted by Gasteiger charge is 2.28. The minimum absolute atomic E-state index is 0.0347. The molecule has 6 heteroatoms. The third kappa shape index (κ3) is 1.78. The fourth-order valence-corrected chi connectivity index (χ4v) is 2.29. The second kappa shape index (κ2) is 3.73. The lowest BCUT2D eigenvalue weighted by Gasteiger charge is -2.03. The van der Waals surface area contributed by atoms with Gasteiger partial charge in [-0.05, 0) is 34.8 Å². The standard InChI is InChI=1S/C11H8BrN3O2/c12-10-7-2-1-3-8(15(16)17)9(7)13-11(14-10)6-4-5-6/h1-3,6H,4-5H2. The van der Waals surface area contributed by atoms with Crippen molar-refractivity contribution in [1.82, 2.24) is 9.97 Å². The Labute approximate surface area is 105 Å². The van der Waals surface area contributed by atoms with Crippen molar-refractivity contribution in [3.8, 4) is 0 Å². The summed E-state index contributed by atoms with van der Waals surface area (Å²) >= 11 is 3.35. The summed E-state index contributed by atoms with van der Waals surface area (Å²) in [6.45, 7) is 0. The van der Waals surface area contributed by atoms with Crippen LogP contribution in [0.1, 0.15) is 24.6 Å². The van der Waals surface area contributed by atoms with Gasteiger partial charge in [-0.2, -0.15) is 0 Å². The van der Waals surface area contributed by atoms with E-state index in [2.05, 4.69) is 25.9 Å². The number of nitrogens with zero attached hydrogens (tertiary/aromatic N) is 3. The highest BCUT2D eigenvalue weighted by atomic mass is 79.9. The van der Waals surface area contributed by atoms with Crippen LogP contribution in [0.4, 0.5) is 5.69 Å². The largest absolute Gasteiger partial charge is 0.295 e. The third-order valence-electron chi connectivity index (χ3n) is 2.82. The van der Waals surface area contributed by atoms with Gasteiger partial charge in [-0.1, -0.05) is 6.07 Å². The van der Waals surface area contributed by atoms with Crippen molar-refractivity contribution in [3.05, 3.63) is 38.7 Å². The normalized spacial score (nSPS) is 15.1. The molecule has 1 aliphatic rings. The molecule has 0 radical (unpaired) electrons. The number of benzene rings is 1. The Morgan fingerprint density at radius 1 is 1.35 bits per heavy atom. The number of nitro groups is 1. The minimum atomic E-state index is -0.404. The number of aromatic nitrogens is 2. The molecule has 1 aromatic carbocycles. The van der Waals surface area contributed by atoms with Crippen LogP contribution in [0.5, 0.6) is 0 Å². The van der Waals surface area contributed by atoms with E-state index in [1.807, 2.05) is 0 Å². The molecular weight excluding hydrogens is 286 g/mol. The summed E-state index contributed by atoms with van der Waals surface area (Å²) in [6, 6.07) is 4.90. The highest BCUT2D eigenvalue weighted by molar-refractivity contribution is 9.10. The Kier molecular flexibility index (Phi) is 2.32. The van der Waals surface area contributed by atoms with Crippen molar-refractivity contribution in [1.29, 1.82) is 0 Å². The number of rotatable bonds is 2. The number of hydrogen-bond donors (Lipinski definition) is 0. The monoisotopic (exact) mass is 293 g/mol. The molecule has 0 bridgehead atoms. The van der Waals surface area contributed by atoms with Crippen molar-refractivity contribution in [3.63, 3.8) is 0 Å². The van der Waals surface area contributed by atoms with Crippen molar-refractivity contribution in [2.75, 3.05) is 0 Å². The molecule has 1 aromatic heterocycles. The van der Waals surface area contributed by atoms with E-state index in [1.54, 1.807) is 12.1 Å². The van der Waals surface area contributed by atoms with Crippen molar-refractivity contribution in [2.45, 2.75) is 18.8 Å². The van der Waals surface area contributed by atoms with Gasteiger partial charge in [-0.3, -0.25) is 10.1 Å². The molecule has 86 valence electrons. The van der Waals surface area contributed by atoms with Crippen LogP contribution in [0.15, 0.2) is 22.8 Å². The zero-order valence-electron chi connectivity index (χ0n) is 8.76. The van der Waals surface area contributed by atoms with E-state index in [-0.39, 0.29) is 5.69 Å². The van der Waals surface area contributed by atoms with Crippen LogP contribution in [-0.2, 0) is 0 Å². The van der Waals surface area contributed by atoms with Gasteiger partial charge in [0, 0.05) is 17.4 Å². The Morgan fingerprint density at radius 2 is 2.12 bits per heavy atom. The number of non-ortho nitro benzene ring substituents is 1. The zero-order valence-corrected chi connectivity index (χ0v) is 10.3. The van der Waals surface area contributed by atoms with Crippen LogP contribution in [0.3, 0.4) is 0 Å². The number of para-hydroxylation sites is 1. The summed E-state index contributed by atoms with van der Waals surface area (Å²) in [5.74, 6) is 1.08. The van der Waals surface area contributed by atoms with E-state index in [0.717, 1.165) is 12.8 Å². The van der Waals surface area contributed by atoms with E-state index in [1.165, 1.54) is 6.07 Å². The van der Waals surface area contributed by atoms with Gasteiger partial charge in [-0.25, -0.2) is 9.97 Å². The molecule has 0 atom stereocenters. The lowest BCUT2D eigenvalue weighted by molar-refractivity contribution is -0.383. The van der Waals surface area contributed by atoms with Crippen LogP contribution < -0.4 is 0 Å². The average Bonchev–Trinajstić information content (AvgIpc) is 3.11. The molecule has 0 unspecified atom stereocenters. The smallest absolute Gasteiger partial charge is 0.258 e. The predicted octanol–water partition coefficient (Wildman–Crippen LogP) is 3.18. The SMILES string of the molecule is O=[N+]([O-])c1cccc2c(Br)nc(C3CC3)nc12. The van der Waals surface area contributed by atoms with E-state index in [0.29, 0.717) is 27.2 Å². The molecule has 17 heavy (non-hydrogen) atoms. The predicted molar refractivity (Wildman–Crippen MR) is 65.9 cm³/mol. The summed E-state index contributed by atoms with van der Waals surface area (Å²) in [5, 5.41) is 11.6. The number of hydrogen-bond acceptors (Lipinski definition) is 4. The molecule has 1 fully saturated rings.